The zero-order chi connectivity index (χ0) is 13.3. The van der Waals surface area contributed by atoms with Crippen LogP contribution in [0.4, 0.5) is 5.82 Å². The van der Waals surface area contributed by atoms with Crippen molar-refractivity contribution in [2.45, 2.75) is 63.4 Å². The lowest BCUT2D eigenvalue weighted by Crippen LogP contribution is -2.41. The maximum atomic E-state index is 6.17. The third-order valence-corrected chi connectivity index (χ3v) is 4.78. The Bertz CT molecular complexity index is 447. The van der Waals surface area contributed by atoms with Crippen LogP contribution in [-0.4, -0.2) is 17.2 Å². The standard InChI is InChI=1S/C16H24N2O/c1-12-9-14(15(17)18-11-12)13-5-8-19-16(10-13)6-3-2-4-7-16/h9,11,13H,2-8,10H2,1H3,(H2,17,18). The predicted molar refractivity (Wildman–Crippen MR) is 77.1 cm³/mol. The molecule has 0 amide bonds. The quantitative estimate of drug-likeness (QED) is 0.839. The third-order valence-electron chi connectivity index (χ3n) is 4.78. The van der Waals surface area contributed by atoms with Crippen LogP contribution in [0.15, 0.2) is 12.3 Å². The number of hydrogen-bond donors (Lipinski definition) is 1. The molecule has 1 aliphatic heterocycles. The van der Waals surface area contributed by atoms with Crippen molar-refractivity contribution in [2.24, 2.45) is 0 Å². The Morgan fingerprint density at radius 3 is 2.89 bits per heavy atom. The van der Waals surface area contributed by atoms with E-state index in [1.807, 2.05) is 6.20 Å². The molecule has 0 aromatic carbocycles. The zero-order valence-corrected chi connectivity index (χ0v) is 11.8. The van der Waals surface area contributed by atoms with Crippen molar-refractivity contribution in [1.29, 1.82) is 0 Å². The minimum Gasteiger partial charge on any atom is -0.383 e. The molecule has 1 saturated heterocycles. The monoisotopic (exact) mass is 260 g/mol. The third kappa shape index (κ3) is 2.62. The van der Waals surface area contributed by atoms with Crippen molar-refractivity contribution in [3.63, 3.8) is 0 Å². The van der Waals surface area contributed by atoms with Gasteiger partial charge in [-0.15, -0.1) is 0 Å². The van der Waals surface area contributed by atoms with E-state index in [9.17, 15) is 0 Å². The molecule has 1 atom stereocenters. The van der Waals surface area contributed by atoms with E-state index in [0.717, 1.165) is 19.4 Å². The summed E-state index contributed by atoms with van der Waals surface area (Å²) in [4.78, 5) is 4.32. The van der Waals surface area contributed by atoms with Crippen LogP contribution in [0.25, 0.3) is 0 Å². The van der Waals surface area contributed by atoms with Gasteiger partial charge in [-0.25, -0.2) is 4.98 Å². The van der Waals surface area contributed by atoms with Crippen molar-refractivity contribution in [3.05, 3.63) is 23.4 Å². The molecule has 1 saturated carbocycles. The van der Waals surface area contributed by atoms with Gasteiger partial charge in [0.25, 0.3) is 0 Å². The molecule has 19 heavy (non-hydrogen) atoms. The Balaban J connectivity index is 1.82. The van der Waals surface area contributed by atoms with E-state index in [2.05, 4.69) is 18.0 Å². The number of aromatic nitrogens is 1. The van der Waals surface area contributed by atoms with Gasteiger partial charge in [0.2, 0.25) is 0 Å². The number of aryl methyl sites for hydroxylation is 1. The van der Waals surface area contributed by atoms with Crippen molar-refractivity contribution < 1.29 is 4.74 Å². The maximum absolute atomic E-state index is 6.17. The number of nitrogen functional groups attached to an aromatic ring is 1. The number of nitrogens with zero attached hydrogens (tertiary/aromatic N) is 1. The number of ether oxygens (including phenoxy) is 1. The van der Waals surface area contributed by atoms with Crippen LogP contribution in [0, 0.1) is 6.92 Å². The van der Waals surface area contributed by atoms with E-state index in [4.69, 9.17) is 10.5 Å². The maximum Gasteiger partial charge on any atom is 0.126 e. The van der Waals surface area contributed by atoms with Gasteiger partial charge in [-0.3, -0.25) is 0 Å². The summed E-state index contributed by atoms with van der Waals surface area (Å²) >= 11 is 0. The van der Waals surface area contributed by atoms with Crippen LogP contribution in [0.2, 0.25) is 0 Å². The van der Waals surface area contributed by atoms with Crippen molar-refractivity contribution in [3.8, 4) is 0 Å². The molecule has 2 heterocycles. The molecule has 1 unspecified atom stereocenters. The fourth-order valence-electron chi connectivity index (χ4n) is 3.77. The molecule has 2 aliphatic rings. The Hall–Kier alpha value is -1.09. The second-order valence-corrected chi connectivity index (χ2v) is 6.27. The van der Waals surface area contributed by atoms with Gasteiger partial charge in [0.05, 0.1) is 5.60 Å². The van der Waals surface area contributed by atoms with E-state index in [0.29, 0.717) is 11.7 Å². The van der Waals surface area contributed by atoms with Gasteiger partial charge in [-0.2, -0.15) is 0 Å². The molecule has 3 heteroatoms. The molecule has 2 fully saturated rings. The normalized spacial score (nSPS) is 26.5. The Morgan fingerprint density at radius 1 is 1.32 bits per heavy atom. The highest BCUT2D eigenvalue weighted by atomic mass is 16.5. The van der Waals surface area contributed by atoms with Crippen molar-refractivity contribution in [2.75, 3.05) is 12.3 Å². The van der Waals surface area contributed by atoms with Crippen LogP contribution in [0.3, 0.4) is 0 Å². The number of hydrogen-bond acceptors (Lipinski definition) is 3. The van der Waals surface area contributed by atoms with Gasteiger partial charge in [-0.05, 0) is 49.7 Å². The van der Waals surface area contributed by atoms with Gasteiger partial charge in [-0.1, -0.05) is 25.3 Å². The minimum absolute atomic E-state index is 0.136. The predicted octanol–water partition coefficient (Wildman–Crippen LogP) is 3.57. The first-order valence-electron chi connectivity index (χ1n) is 7.55. The van der Waals surface area contributed by atoms with E-state index < -0.39 is 0 Å². The fourth-order valence-corrected chi connectivity index (χ4v) is 3.77. The average molecular weight is 260 g/mol. The SMILES string of the molecule is Cc1cnc(N)c(C2CCOC3(CCCCC3)C2)c1. The molecule has 1 aromatic heterocycles. The van der Waals surface area contributed by atoms with Gasteiger partial charge < -0.3 is 10.5 Å². The van der Waals surface area contributed by atoms with E-state index >= 15 is 0 Å². The minimum atomic E-state index is 0.136. The summed E-state index contributed by atoms with van der Waals surface area (Å²) in [6, 6.07) is 2.22. The molecule has 0 radical (unpaired) electrons. The Kier molecular flexibility index (Phi) is 3.48. The second kappa shape index (κ2) is 5.12. The van der Waals surface area contributed by atoms with Crippen molar-refractivity contribution >= 4 is 5.82 Å². The average Bonchev–Trinajstić information content (AvgIpc) is 2.42. The molecule has 1 aliphatic carbocycles. The van der Waals surface area contributed by atoms with Crippen molar-refractivity contribution in [1.82, 2.24) is 4.98 Å². The van der Waals surface area contributed by atoms with Gasteiger partial charge >= 0.3 is 0 Å². The molecular weight excluding hydrogens is 236 g/mol. The summed E-state index contributed by atoms with van der Waals surface area (Å²) in [5, 5.41) is 0. The smallest absolute Gasteiger partial charge is 0.126 e. The van der Waals surface area contributed by atoms with Crippen LogP contribution in [0.1, 0.15) is 62.0 Å². The first-order valence-corrected chi connectivity index (χ1v) is 7.55. The summed E-state index contributed by atoms with van der Waals surface area (Å²) in [5.41, 5.74) is 8.67. The van der Waals surface area contributed by atoms with Crippen LogP contribution < -0.4 is 5.73 Å². The summed E-state index contributed by atoms with van der Waals surface area (Å²) in [6.07, 6.45) is 10.5. The molecule has 1 aromatic rings. The lowest BCUT2D eigenvalue weighted by atomic mass is 9.74. The first kappa shape index (κ1) is 12.9. The number of rotatable bonds is 1. The molecule has 104 valence electrons. The Labute approximate surface area is 115 Å². The number of pyridine rings is 1. The highest BCUT2D eigenvalue weighted by Gasteiger charge is 2.39. The highest BCUT2D eigenvalue weighted by molar-refractivity contribution is 5.43. The molecule has 3 nitrogen and oxygen atoms in total. The summed E-state index contributed by atoms with van der Waals surface area (Å²) in [7, 11) is 0. The molecule has 1 spiro atoms. The largest absolute Gasteiger partial charge is 0.383 e. The van der Waals surface area contributed by atoms with Gasteiger partial charge in [0.15, 0.2) is 0 Å². The second-order valence-electron chi connectivity index (χ2n) is 6.27. The molecule has 2 N–H and O–H groups in total. The number of anilines is 1. The molecule has 0 bridgehead atoms. The zero-order valence-electron chi connectivity index (χ0n) is 11.8. The van der Waals surface area contributed by atoms with Gasteiger partial charge in [0.1, 0.15) is 5.82 Å². The molecule has 3 rings (SSSR count). The summed E-state index contributed by atoms with van der Waals surface area (Å²) in [6.45, 7) is 2.96. The molecular formula is C16H24N2O. The number of nitrogens with two attached hydrogens (primary N) is 1. The Morgan fingerprint density at radius 2 is 2.11 bits per heavy atom. The van der Waals surface area contributed by atoms with Crippen LogP contribution >= 0.6 is 0 Å². The lowest BCUT2D eigenvalue weighted by molar-refractivity contribution is -0.106. The van der Waals surface area contributed by atoms with E-state index in [1.54, 1.807) is 0 Å². The first-order chi connectivity index (χ1) is 9.19. The topological polar surface area (TPSA) is 48.1 Å². The van der Waals surface area contributed by atoms with E-state index in [1.165, 1.54) is 43.2 Å². The van der Waals surface area contributed by atoms with Crippen LogP contribution in [0.5, 0.6) is 0 Å². The van der Waals surface area contributed by atoms with Crippen LogP contribution in [-0.2, 0) is 4.74 Å². The summed E-state index contributed by atoms with van der Waals surface area (Å²) in [5.74, 6) is 1.24. The van der Waals surface area contributed by atoms with Gasteiger partial charge in [0, 0.05) is 12.8 Å². The summed E-state index contributed by atoms with van der Waals surface area (Å²) < 4.78 is 6.17. The lowest BCUT2D eigenvalue weighted by Gasteiger charge is -2.43. The fraction of sp³-hybridized carbons (Fsp3) is 0.688. The highest BCUT2D eigenvalue weighted by Crippen LogP contribution is 2.44. The van der Waals surface area contributed by atoms with E-state index in [-0.39, 0.29) is 5.60 Å².